The third-order valence-electron chi connectivity index (χ3n) is 3.62. The number of aromatic nitrogens is 2. The molecule has 0 saturated carbocycles. The highest BCUT2D eigenvalue weighted by atomic mass is 79.9. The zero-order valence-electron chi connectivity index (χ0n) is 12.8. The smallest absolute Gasteiger partial charge is 0.224 e. The minimum atomic E-state index is -0.992. The van der Waals surface area contributed by atoms with Crippen molar-refractivity contribution in [1.82, 2.24) is 9.97 Å². The van der Waals surface area contributed by atoms with Gasteiger partial charge >= 0.3 is 0 Å². The second-order valence-electron chi connectivity index (χ2n) is 5.94. The van der Waals surface area contributed by atoms with Crippen LogP contribution in [0.2, 0.25) is 0 Å². The van der Waals surface area contributed by atoms with Gasteiger partial charge in [0.1, 0.15) is 17.1 Å². The maximum Gasteiger partial charge on any atom is 0.224 e. The summed E-state index contributed by atoms with van der Waals surface area (Å²) in [6, 6.07) is 3.59. The van der Waals surface area contributed by atoms with Gasteiger partial charge in [-0.05, 0) is 54.4 Å². The van der Waals surface area contributed by atoms with Gasteiger partial charge in [-0.2, -0.15) is 0 Å². The van der Waals surface area contributed by atoms with Crippen LogP contribution < -0.4 is 0 Å². The first-order valence-corrected chi connectivity index (χ1v) is 8.05. The quantitative estimate of drug-likeness (QED) is 0.836. The summed E-state index contributed by atoms with van der Waals surface area (Å²) in [5.41, 5.74) is 1.86. The van der Waals surface area contributed by atoms with Crippen LogP contribution in [0.3, 0.4) is 0 Å². The number of allylic oxidation sites excluding steroid dienone is 4. The SMILES string of the molecule is CC(C)(O)c1ccc(-c2nc(C3=CC=C(F)CC3)oc2Br)cn1. The lowest BCUT2D eigenvalue weighted by atomic mass is 10.0. The van der Waals surface area contributed by atoms with E-state index in [0.29, 0.717) is 34.8 Å². The summed E-state index contributed by atoms with van der Waals surface area (Å²) in [4.78, 5) is 8.76. The fraction of sp³-hybridized carbons (Fsp3) is 0.294. The van der Waals surface area contributed by atoms with Crippen LogP contribution in [-0.2, 0) is 5.60 Å². The third-order valence-corrected chi connectivity index (χ3v) is 4.16. The van der Waals surface area contributed by atoms with E-state index in [2.05, 4.69) is 25.9 Å². The standard InChI is InChI=1S/C17H16BrFN2O2/c1-17(2,22)13-8-5-11(9-20-13)14-15(18)23-16(21-14)10-3-6-12(19)7-4-10/h3,5-6,8-9,22H,4,7H2,1-2H3. The maximum atomic E-state index is 13.1. The molecule has 0 spiro atoms. The molecule has 0 aromatic carbocycles. The van der Waals surface area contributed by atoms with Crippen LogP contribution in [0, 0.1) is 0 Å². The first-order valence-electron chi connectivity index (χ1n) is 7.26. The van der Waals surface area contributed by atoms with Crippen molar-refractivity contribution in [3.8, 4) is 11.3 Å². The van der Waals surface area contributed by atoms with E-state index in [9.17, 15) is 9.50 Å². The molecule has 2 heterocycles. The Morgan fingerprint density at radius 2 is 2.04 bits per heavy atom. The minimum Gasteiger partial charge on any atom is -0.429 e. The Hall–Kier alpha value is -1.79. The summed E-state index contributed by atoms with van der Waals surface area (Å²) in [5.74, 6) is 0.341. The van der Waals surface area contributed by atoms with E-state index < -0.39 is 5.60 Å². The molecule has 6 heteroatoms. The van der Waals surface area contributed by atoms with Crippen molar-refractivity contribution in [1.29, 1.82) is 0 Å². The first kappa shape index (κ1) is 16.1. The number of nitrogens with zero attached hydrogens (tertiary/aromatic N) is 2. The van der Waals surface area contributed by atoms with Gasteiger partial charge in [0.05, 0.1) is 5.69 Å². The van der Waals surface area contributed by atoms with Crippen LogP contribution in [0.1, 0.15) is 38.3 Å². The number of hydrogen-bond donors (Lipinski definition) is 1. The molecule has 23 heavy (non-hydrogen) atoms. The van der Waals surface area contributed by atoms with E-state index in [4.69, 9.17) is 4.42 Å². The molecule has 0 radical (unpaired) electrons. The Kier molecular flexibility index (Phi) is 4.21. The van der Waals surface area contributed by atoms with Crippen molar-refractivity contribution >= 4 is 21.5 Å². The molecule has 1 N–H and O–H groups in total. The molecular formula is C17H16BrFN2O2. The van der Waals surface area contributed by atoms with Crippen LogP contribution in [0.15, 0.2) is 45.4 Å². The van der Waals surface area contributed by atoms with Gasteiger partial charge in [0.25, 0.3) is 0 Å². The predicted octanol–water partition coefficient (Wildman–Crippen LogP) is 4.76. The summed E-state index contributed by atoms with van der Waals surface area (Å²) < 4.78 is 19.2. The van der Waals surface area contributed by atoms with E-state index in [0.717, 1.165) is 11.1 Å². The molecular weight excluding hydrogens is 363 g/mol. The molecule has 4 nitrogen and oxygen atoms in total. The van der Waals surface area contributed by atoms with E-state index in [1.807, 2.05) is 6.07 Å². The average Bonchev–Trinajstić information content (AvgIpc) is 2.89. The van der Waals surface area contributed by atoms with Crippen LogP contribution in [0.5, 0.6) is 0 Å². The summed E-state index contributed by atoms with van der Waals surface area (Å²) in [7, 11) is 0. The Morgan fingerprint density at radius 3 is 2.61 bits per heavy atom. The van der Waals surface area contributed by atoms with Crippen molar-refractivity contribution in [2.75, 3.05) is 0 Å². The first-order chi connectivity index (χ1) is 10.8. The van der Waals surface area contributed by atoms with Crippen molar-refractivity contribution in [3.63, 3.8) is 0 Å². The lowest BCUT2D eigenvalue weighted by Gasteiger charge is -2.16. The molecule has 0 saturated heterocycles. The number of pyridine rings is 1. The highest BCUT2D eigenvalue weighted by Gasteiger charge is 2.20. The highest BCUT2D eigenvalue weighted by molar-refractivity contribution is 9.10. The van der Waals surface area contributed by atoms with Gasteiger partial charge in [-0.25, -0.2) is 9.37 Å². The molecule has 2 aromatic heterocycles. The van der Waals surface area contributed by atoms with Gasteiger partial charge in [0, 0.05) is 23.8 Å². The largest absolute Gasteiger partial charge is 0.429 e. The van der Waals surface area contributed by atoms with Crippen molar-refractivity contribution in [2.24, 2.45) is 0 Å². The molecule has 1 aliphatic rings. The number of oxazole rings is 1. The molecule has 2 aromatic rings. The Bertz CT molecular complexity index is 786. The molecule has 0 atom stereocenters. The number of halogens is 2. The second-order valence-corrected chi connectivity index (χ2v) is 6.66. The molecule has 1 aliphatic carbocycles. The number of rotatable bonds is 3. The topological polar surface area (TPSA) is 59.2 Å². The molecule has 0 amide bonds. The van der Waals surface area contributed by atoms with Gasteiger partial charge < -0.3 is 9.52 Å². The van der Waals surface area contributed by atoms with Crippen LogP contribution in [0.25, 0.3) is 16.8 Å². The van der Waals surface area contributed by atoms with Crippen molar-refractivity contribution < 1.29 is 13.9 Å². The third kappa shape index (κ3) is 3.43. The second kappa shape index (κ2) is 6.02. The maximum absolute atomic E-state index is 13.1. The van der Waals surface area contributed by atoms with Gasteiger partial charge in [0.2, 0.25) is 5.89 Å². The Balaban J connectivity index is 1.92. The lowest BCUT2D eigenvalue weighted by Crippen LogP contribution is -2.17. The molecule has 0 aliphatic heterocycles. The van der Waals surface area contributed by atoms with Crippen molar-refractivity contribution in [2.45, 2.75) is 32.3 Å². The van der Waals surface area contributed by atoms with Crippen molar-refractivity contribution in [3.05, 3.63) is 52.6 Å². The fourth-order valence-electron chi connectivity index (χ4n) is 2.30. The lowest BCUT2D eigenvalue weighted by molar-refractivity contribution is 0.0739. The van der Waals surface area contributed by atoms with Gasteiger partial charge in [-0.1, -0.05) is 6.08 Å². The highest BCUT2D eigenvalue weighted by Crippen LogP contribution is 2.34. The summed E-state index contributed by atoms with van der Waals surface area (Å²) in [6.45, 7) is 3.36. The minimum absolute atomic E-state index is 0.133. The van der Waals surface area contributed by atoms with E-state index in [1.165, 1.54) is 6.08 Å². The molecule has 3 rings (SSSR count). The van der Waals surface area contributed by atoms with Crippen LogP contribution in [-0.4, -0.2) is 15.1 Å². The van der Waals surface area contributed by atoms with Gasteiger partial charge in [0.15, 0.2) is 4.67 Å². The summed E-state index contributed by atoms with van der Waals surface area (Å²) >= 11 is 3.37. The van der Waals surface area contributed by atoms with Crippen LogP contribution >= 0.6 is 15.9 Å². The number of aliphatic hydroxyl groups is 1. The van der Waals surface area contributed by atoms with E-state index >= 15 is 0 Å². The normalized spacial score (nSPS) is 15.3. The zero-order valence-corrected chi connectivity index (χ0v) is 14.4. The molecule has 0 unspecified atom stereocenters. The average molecular weight is 379 g/mol. The zero-order chi connectivity index (χ0) is 16.6. The van der Waals surface area contributed by atoms with Crippen LogP contribution in [0.4, 0.5) is 4.39 Å². The molecule has 120 valence electrons. The van der Waals surface area contributed by atoms with Gasteiger partial charge in [-0.3, -0.25) is 4.98 Å². The van der Waals surface area contributed by atoms with E-state index in [1.54, 1.807) is 32.2 Å². The van der Waals surface area contributed by atoms with E-state index in [-0.39, 0.29) is 5.83 Å². The number of hydrogen-bond acceptors (Lipinski definition) is 4. The summed E-state index contributed by atoms with van der Waals surface area (Å²) in [6.07, 6.45) is 5.70. The molecule has 0 bridgehead atoms. The monoisotopic (exact) mass is 378 g/mol. The molecule has 0 fully saturated rings. The predicted molar refractivity (Wildman–Crippen MR) is 89.1 cm³/mol. The Morgan fingerprint density at radius 1 is 1.26 bits per heavy atom. The fourth-order valence-corrected chi connectivity index (χ4v) is 2.77. The Labute approximate surface area is 141 Å². The van der Waals surface area contributed by atoms with Gasteiger partial charge in [-0.15, -0.1) is 0 Å². The summed E-state index contributed by atoms with van der Waals surface area (Å²) in [5, 5.41) is 9.95.